The van der Waals surface area contributed by atoms with Gasteiger partial charge in [0.1, 0.15) is 0 Å². The molecule has 0 radical (unpaired) electrons. The van der Waals surface area contributed by atoms with Gasteiger partial charge in [-0.25, -0.2) is 15.3 Å². The molecule has 5 heteroatoms. The normalized spacial score (nSPS) is 19.3. The zero-order valence-electron chi connectivity index (χ0n) is 9.88. The van der Waals surface area contributed by atoms with Crippen LogP contribution in [0.2, 0.25) is 0 Å². The largest absolute Gasteiger partial charge is 0.279 e. The molecule has 0 unspecified atom stereocenters. The summed E-state index contributed by atoms with van der Waals surface area (Å²) in [5.41, 5.74) is 0. The van der Waals surface area contributed by atoms with Gasteiger partial charge in [0.25, 0.3) is 7.59 Å². The van der Waals surface area contributed by atoms with E-state index in [2.05, 4.69) is 15.3 Å². The Morgan fingerprint density at radius 1 is 1.07 bits per heavy atom. The number of nitrogens with one attached hydrogen (secondary N) is 3. The number of hydrogen-bond acceptors (Lipinski definition) is 1. The van der Waals surface area contributed by atoms with Gasteiger partial charge in [0.05, 0.1) is 0 Å². The lowest BCUT2D eigenvalue weighted by Gasteiger charge is -2.28. The first-order chi connectivity index (χ1) is 7.20. The van der Waals surface area contributed by atoms with Crippen molar-refractivity contribution in [3.8, 4) is 0 Å². The van der Waals surface area contributed by atoms with Gasteiger partial charge < -0.3 is 0 Å². The van der Waals surface area contributed by atoms with Gasteiger partial charge >= 0.3 is 0 Å². The molecule has 0 heterocycles. The average Bonchev–Trinajstić information content (AvgIpc) is 2.19. The van der Waals surface area contributed by atoms with E-state index in [0.717, 1.165) is 25.9 Å². The molecule has 15 heavy (non-hydrogen) atoms. The van der Waals surface area contributed by atoms with Crippen molar-refractivity contribution >= 4 is 7.59 Å². The molecule has 0 bridgehead atoms. The zero-order chi connectivity index (χ0) is 11.1. The average molecular weight is 233 g/mol. The van der Waals surface area contributed by atoms with Crippen LogP contribution in [0, 0.1) is 0 Å². The molecule has 0 spiro atoms. The smallest absolute Gasteiger partial charge is 0.271 e. The maximum absolute atomic E-state index is 12.3. The molecular formula is C10H24N3OP. The Balaban J connectivity index is 2.45. The maximum atomic E-state index is 12.3. The van der Waals surface area contributed by atoms with Gasteiger partial charge in [0.15, 0.2) is 0 Å². The second kappa shape index (κ2) is 6.64. The van der Waals surface area contributed by atoms with Gasteiger partial charge in [-0.3, -0.25) is 4.57 Å². The van der Waals surface area contributed by atoms with Crippen molar-refractivity contribution in [3.05, 3.63) is 0 Å². The van der Waals surface area contributed by atoms with E-state index in [1.807, 2.05) is 13.8 Å². The van der Waals surface area contributed by atoms with E-state index in [-0.39, 0.29) is 0 Å². The molecule has 3 N–H and O–H groups in total. The molecule has 0 aromatic rings. The number of hydrogen-bond donors (Lipinski definition) is 3. The molecule has 0 atom stereocenters. The Morgan fingerprint density at radius 3 is 2.07 bits per heavy atom. The molecule has 0 aromatic heterocycles. The molecule has 1 rings (SSSR count). The van der Waals surface area contributed by atoms with Crippen molar-refractivity contribution in [1.82, 2.24) is 15.3 Å². The lowest BCUT2D eigenvalue weighted by Crippen LogP contribution is -2.38. The van der Waals surface area contributed by atoms with Gasteiger partial charge in [-0.15, -0.1) is 0 Å². The third kappa shape index (κ3) is 4.64. The monoisotopic (exact) mass is 233 g/mol. The van der Waals surface area contributed by atoms with Crippen LogP contribution < -0.4 is 15.3 Å². The third-order valence-corrected chi connectivity index (χ3v) is 4.98. The van der Waals surface area contributed by atoms with Crippen LogP contribution in [0.3, 0.4) is 0 Å². The van der Waals surface area contributed by atoms with Crippen LogP contribution in [0.15, 0.2) is 0 Å². The van der Waals surface area contributed by atoms with Gasteiger partial charge in [-0.2, -0.15) is 0 Å². The first-order valence-electron chi connectivity index (χ1n) is 6.08. The highest BCUT2D eigenvalue weighted by atomic mass is 31.2. The van der Waals surface area contributed by atoms with Crippen LogP contribution in [-0.2, 0) is 4.57 Å². The van der Waals surface area contributed by atoms with Crippen molar-refractivity contribution in [1.29, 1.82) is 0 Å². The molecule has 1 fully saturated rings. The summed E-state index contributed by atoms with van der Waals surface area (Å²) in [7, 11) is -2.54. The second-order valence-corrected chi connectivity index (χ2v) is 6.21. The summed E-state index contributed by atoms with van der Waals surface area (Å²) in [5.74, 6) is 0. The van der Waals surface area contributed by atoms with Crippen molar-refractivity contribution < 1.29 is 4.57 Å². The van der Waals surface area contributed by atoms with E-state index in [0.29, 0.717) is 6.04 Å². The van der Waals surface area contributed by atoms with E-state index >= 15 is 0 Å². The van der Waals surface area contributed by atoms with E-state index < -0.39 is 7.59 Å². The van der Waals surface area contributed by atoms with E-state index in [4.69, 9.17) is 0 Å². The van der Waals surface area contributed by atoms with Crippen molar-refractivity contribution in [3.63, 3.8) is 0 Å². The fourth-order valence-electron chi connectivity index (χ4n) is 2.08. The summed E-state index contributed by atoms with van der Waals surface area (Å²) >= 11 is 0. The van der Waals surface area contributed by atoms with Crippen LogP contribution in [-0.4, -0.2) is 19.1 Å². The molecule has 0 aliphatic heterocycles. The molecule has 90 valence electrons. The summed E-state index contributed by atoms with van der Waals surface area (Å²) < 4.78 is 12.3. The minimum Gasteiger partial charge on any atom is -0.271 e. The van der Waals surface area contributed by atoms with Gasteiger partial charge in [0.2, 0.25) is 0 Å². The second-order valence-electron chi connectivity index (χ2n) is 4.10. The molecule has 1 saturated carbocycles. The standard InChI is InChI=1S/C10H24N3OP/c1-3-11-15(14,12-4-2)13-10-8-6-5-7-9-10/h10H,3-9H2,1-2H3,(H3,11,12,13,14). The molecule has 0 amide bonds. The highest BCUT2D eigenvalue weighted by molar-refractivity contribution is 7.57. The van der Waals surface area contributed by atoms with Crippen LogP contribution in [0.4, 0.5) is 0 Å². The van der Waals surface area contributed by atoms with Crippen LogP contribution >= 0.6 is 7.59 Å². The summed E-state index contributed by atoms with van der Waals surface area (Å²) in [4.78, 5) is 0. The third-order valence-electron chi connectivity index (χ3n) is 2.73. The van der Waals surface area contributed by atoms with E-state index in [1.54, 1.807) is 0 Å². The Morgan fingerprint density at radius 2 is 1.60 bits per heavy atom. The van der Waals surface area contributed by atoms with Crippen molar-refractivity contribution in [2.24, 2.45) is 0 Å². The molecule has 0 saturated heterocycles. The molecule has 0 aromatic carbocycles. The van der Waals surface area contributed by atoms with Gasteiger partial charge in [-0.05, 0) is 12.8 Å². The summed E-state index contributed by atoms with van der Waals surface area (Å²) in [5, 5.41) is 9.35. The quantitative estimate of drug-likeness (QED) is 0.616. The van der Waals surface area contributed by atoms with Gasteiger partial charge in [-0.1, -0.05) is 33.1 Å². The first kappa shape index (κ1) is 13.2. The first-order valence-corrected chi connectivity index (χ1v) is 7.79. The van der Waals surface area contributed by atoms with Crippen LogP contribution in [0.1, 0.15) is 46.0 Å². The van der Waals surface area contributed by atoms with E-state index in [9.17, 15) is 4.57 Å². The van der Waals surface area contributed by atoms with Crippen molar-refractivity contribution in [2.45, 2.75) is 52.0 Å². The molecule has 4 nitrogen and oxygen atoms in total. The lowest BCUT2D eigenvalue weighted by atomic mass is 9.96. The Bertz CT molecular complexity index is 207. The molecule has 1 aliphatic rings. The lowest BCUT2D eigenvalue weighted by molar-refractivity contribution is 0.407. The highest BCUT2D eigenvalue weighted by Crippen LogP contribution is 2.33. The fourth-order valence-corrected chi connectivity index (χ4v) is 4.04. The summed E-state index contributed by atoms with van der Waals surface area (Å²) in [6.45, 7) is 5.41. The minimum atomic E-state index is -2.54. The Hall–Kier alpha value is 0.110. The van der Waals surface area contributed by atoms with E-state index in [1.165, 1.54) is 19.3 Å². The predicted octanol–water partition coefficient (Wildman–Crippen LogP) is 2.24. The Kier molecular flexibility index (Phi) is 5.83. The number of rotatable bonds is 6. The predicted molar refractivity (Wildman–Crippen MR) is 65.0 cm³/mol. The fraction of sp³-hybridized carbons (Fsp3) is 1.00. The molecular weight excluding hydrogens is 209 g/mol. The maximum Gasteiger partial charge on any atom is 0.279 e. The zero-order valence-corrected chi connectivity index (χ0v) is 10.8. The minimum absolute atomic E-state index is 0.419. The van der Waals surface area contributed by atoms with Crippen molar-refractivity contribution in [2.75, 3.05) is 13.1 Å². The van der Waals surface area contributed by atoms with Crippen LogP contribution in [0.25, 0.3) is 0 Å². The SMILES string of the molecule is CCNP(=O)(NCC)NC1CCCCC1. The van der Waals surface area contributed by atoms with Gasteiger partial charge in [0, 0.05) is 19.1 Å². The summed E-state index contributed by atoms with van der Waals surface area (Å²) in [6, 6.07) is 0.419. The topological polar surface area (TPSA) is 53.2 Å². The summed E-state index contributed by atoms with van der Waals surface area (Å²) in [6.07, 6.45) is 6.15. The molecule has 1 aliphatic carbocycles. The Labute approximate surface area is 93.1 Å². The highest BCUT2D eigenvalue weighted by Gasteiger charge is 2.24. The van der Waals surface area contributed by atoms with Crippen LogP contribution in [0.5, 0.6) is 0 Å².